The molecule has 2 aromatic rings. The van der Waals surface area contributed by atoms with Crippen LogP contribution in [0.5, 0.6) is 5.75 Å². The molecule has 0 aliphatic heterocycles. The predicted octanol–water partition coefficient (Wildman–Crippen LogP) is 3.08. The maximum Gasteiger partial charge on any atom is 0.338 e. The topological polar surface area (TPSA) is 64.6 Å². The summed E-state index contributed by atoms with van der Waals surface area (Å²) in [5, 5.41) is 2.29. The van der Waals surface area contributed by atoms with Crippen molar-refractivity contribution >= 4 is 17.6 Å². The lowest BCUT2D eigenvalue weighted by atomic mass is 10.2. The Morgan fingerprint density at radius 3 is 2.46 bits per heavy atom. The number of anilines is 1. The number of carbonyl (C=O) groups excluding carboxylic acids is 2. The van der Waals surface area contributed by atoms with Crippen molar-refractivity contribution in [2.24, 2.45) is 0 Å². The van der Waals surface area contributed by atoms with Gasteiger partial charge >= 0.3 is 5.97 Å². The van der Waals surface area contributed by atoms with Gasteiger partial charge in [-0.15, -0.1) is 0 Å². The first-order valence-electron chi connectivity index (χ1n) is 6.97. The summed E-state index contributed by atoms with van der Waals surface area (Å²) >= 11 is 0. The van der Waals surface area contributed by atoms with Crippen molar-refractivity contribution in [2.45, 2.75) is 6.92 Å². The van der Waals surface area contributed by atoms with Crippen LogP contribution in [0.4, 0.5) is 14.5 Å². The van der Waals surface area contributed by atoms with Gasteiger partial charge in [0.2, 0.25) is 0 Å². The molecule has 0 unspecified atom stereocenters. The van der Waals surface area contributed by atoms with Crippen LogP contribution in [0, 0.1) is 18.6 Å². The molecule has 126 valence electrons. The van der Waals surface area contributed by atoms with Crippen molar-refractivity contribution in [3.05, 3.63) is 59.2 Å². The number of carbonyl (C=O) groups is 2. The molecule has 0 spiro atoms. The Morgan fingerprint density at radius 1 is 1.08 bits per heavy atom. The highest BCUT2D eigenvalue weighted by Crippen LogP contribution is 2.18. The highest BCUT2D eigenvalue weighted by Gasteiger charge is 2.14. The van der Waals surface area contributed by atoms with Crippen molar-refractivity contribution in [3.8, 4) is 5.75 Å². The van der Waals surface area contributed by atoms with Gasteiger partial charge in [-0.25, -0.2) is 13.6 Å². The number of amides is 1. The summed E-state index contributed by atoms with van der Waals surface area (Å²) in [5.74, 6) is -2.92. The molecule has 5 nitrogen and oxygen atoms in total. The van der Waals surface area contributed by atoms with Crippen molar-refractivity contribution < 1.29 is 27.8 Å². The minimum atomic E-state index is -0.879. The number of aryl methyl sites for hydroxylation is 1. The van der Waals surface area contributed by atoms with E-state index in [9.17, 15) is 18.4 Å². The number of rotatable bonds is 5. The van der Waals surface area contributed by atoms with Gasteiger partial charge in [-0.2, -0.15) is 0 Å². The molecule has 2 rings (SSSR count). The van der Waals surface area contributed by atoms with Crippen molar-refractivity contribution in [1.29, 1.82) is 0 Å². The zero-order valence-corrected chi connectivity index (χ0v) is 13.1. The molecule has 0 atom stereocenters. The number of hydrogen-bond acceptors (Lipinski definition) is 4. The first-order chi connectivity index (χ1) is 11.4. The highest BCUT2D eigenvalue weighted by molar-refractivity contribution is 5.95. The van der Waals surface area contributed by atoms with Crippen LogP contribution in [0.1, 0.15) is 15.9 Å². The minimum absolute atomic E-state index is 0.0147. The molecule has 0 bridgehead atoms. The fourth-order valence-corrected chi connectivity index (χ4v) is 1.92. The van der Waals surface area contributed by atoms with Crippen molar-refractivity contribution in [1.82, 2.24) is 0 Å². The van der Waals surface area contributed by atoms with E-state index in [-0.39, 0.29) is 17.0 Å². The van der Waals surface area contributed by atoms with E-state index in [0.717, 1.165) is 6.07 Å². The van der Waals surface area contributed by atoms with E-state index < -0.39 is 30.1 Å². The number of ether oxygens (including phenoxy) is 2. The Labute approximate surface area is 137 Å². The van der Waals surface area contributed by atoms with E-state index in [4.69, 9.17) is 9.47 Å². The third-order valence-electron chi connectivity index (χ3n) is 3.12. The van der Waals surface area contributed by atoms with Gasteiger partial charge in [-0.05, 0) is 42.8 Å². The normalized spacial score (nSPS) is 10.2. The number of nitrogens with one attached hydrogen (secondary N) is 1. The van der Waals surface area contributed by atoms with Crippen LogP contribution < -0.4 is 10.1 Å². The molecular formula is C17H15F2NO4. The Hall–Kier alpha value is -2.96. The Balaban J connectivity index is 1.93. The highest BCUT2D eigenvalue weighted by atomic mass is 19.1. The van der Waals surface area contributed by atoms with Crippen LogP contribution in [0.3, 0.4) is 0 Å². The molecule has 0 aliphatic rings. The van der Waals surface area contributed by atoms with Crippen molar-refractivity contribution in [3.63, 3.8) is 0 Å². The minimum Gasteiger partial charge on any atom is -0.494 e. The number of benzene rings is 2. The van der Waals surface area contributed by atoms with Crippen LogP contribution in [0.15, 0.2) is 36.4 Å². The predicted molar refractivity (Wildman–Crippen MR) is 83.0 cm³/mol. The van der Waals surface area contributed by atoms with Gasteiger partial charge < -0.3 is 14.8 Å². The number of methoxy groups -OCH3 is 1. The molecule has 0 aliphatic carbocycles. The largest absolute Gasteiger partial charge is 0.494 e. The third-order valence-corrected chi connectivity index (χ3v) is 3.12. The third kappa shape index (κ3) is 4.28. The second-order valence-electron chi connectivity index (χ2n) is 4.96. The summed E-state index contributed by atoms with van der Waals surface area (Å²) in [4.78, 5) is 23.5. The van der Waals surface area contributed by atoms with Crippen LogP contribution >= 0.6 is 0 Å². The van der Waals surface area contributed by atoms with E-state index in [1.807, 2.05) is 0 Å². The van der Waals surface area contributed by atoms with Gasteiger partial charge in [-0.1, -0.05) is 6.07 Å². The summed E-state index contributed by atoms with van der Waals surface area (Å²) in [6.07, 6.45) is 0. The molecule has 0 fully saturated rings. The summed E-state index contributed by atoms with van der Waals surface area (Å²) in [6.45, 7) is 1.09. The first-order valence-corrected chi connectivity index (χ1v) is 6.97. The average molecular weight is 335 g/mol. The molecule has 7 heteroatoms. The quantitative estimate of drug-likeness (QED) is 0.853. The zero-order valence-electron chi connectivity index (χ0n) is 13.1. The maximum atomic E-state index is 13.6. The molecule has 1 amide bonds. The first kappa shape index (κ1) is 17.4. The second-order valence-corrected chi connectivity index (χ2v) is 4.96. The molecule has 0 saturated carbocycles. The fraction of sp³-hybridized carbons (Fsp3) is 0.176. The van der Waals surface area contributed by atoms with Gasteiger partial charge in [-0.3, -0.25) is 4.79 Å². The van der Waals surface area contributed by atoms with Crippen LogP contribution in [0.2, 0.25) is 0 Å². The number of hydrogen-bond donors (Lipinski definition) is 1. The van der Waals surface area contributed by atoms with Gasteiger partial charge in [0.1, 0.15) is 5.82 Å². The van der Waals surface area contributed by atoms with Gasteiger partial charge in [0, 0.05) is 0 Å². The van der Waals surface area contributed by atoms with Gasteiger partial charge in [0.25, 0.3) is 5.91 Å². The molecule has 0 aromatic heterocycles. The smallest absolute Gasteiger partial charge is 0.338 e. The van der Waals surface area contributed by atoms with E-state index in [2.05, 4.69) is 5.32 Å². The van der Waals surface area contributed by atoms with Crippen molar-refractivity contribution in [2.75, 3.05) is 19.0 Å². The SMILES string of the molecule is COc1ccc(C(=O)OCC(=O)Nc2ccc(C)cc2F)cc1F. The van der Waals surface area contributed by atoms with Gasteiger partial charge in [0.15, 0.2) is 18.2 Å². The number of halogens is 2. The molecule has 0 heterocycles. The van der Waals surface area contributed by atoms with Crippen LogP contribution in [-0.4, -0.2) is 25.6 Å². The molecule has 24 heavy (non-hydrogen) atoms. The Bertz CT molecular complexity index is 777. The lowest BCUT2D eigenvalue weighted by Gasteiger charge is -2.08. The van der Waals surface area contributed by atoms with E-state index >= 15 is 0 Å². The lowest BCUT2D eigenvalue weighted by molar-refractivity contribution is -0.119. The molecule has 0 saturated heterocycles. The Kier molecular flexibility index (Phi) is 5.47. The summed E-state index contributed by atoms with van der Waals surface area (Å²) in [7, 11) is 1.30. The standard InChI is InChI=1S/C17H15F2NO4/c1-10-3-5-14(12(18)7-10)20-16(21)9-24-17(22)11-4-6-15(23-2)13(19)8-11/h3-8H,9H2,1-2H3,(H,20,21). The molecule has 2 aromatic carbocycles. The zero-order chi connectivity index (χ0) is 17.7. The maximum absolute atomic E-state index is 13.6. The molecular weight excluding hydrogens is 320 g/mol. The molecule has 1 N–H and O–H groups in total. The van der Waals surface area contributed by atoms with E-state index in [0.29, 0.717) is 5.56 Å². The average Bonchev–Trinajstić information content (AvgIpc) is 2.55. The Morgan fingerprint density at radius 2 is 1.83 bits per heavy atom. The van der Waals surface area contributed by atoms with E-state index in [1.54, 1.807) is 13.0 Å². The van der Waals surface area contributed by atoms with Gasteiger partial charge in [0.05, 0.1) is 18.4 Å². The summed E-state index contributed by atoms with van der Waals surface area (Å²) < 4.78 is 36.6. The van der Waals surface area contributed by atoms with Crippen LogP contribution in [-0.2, 0) is 9.53 Å². The monoisotopic (exact) mass is 335 g/mol. The second kappa shape index (κ2) is 7.54. The van der Waals surface area contributed by atoms with E-state index in [1.165, 1.54) is 31.4 Å². The summed E-state index contributed by atoms with van der Waals surface area (Å²) in [5.41, 5.74) is 0.623. The fourth-order valence-electron chi connectivity index (χ4n) is 1.92. The molecule has 0 radical (unpaired) electrons. The number of esters is 1. The lowest BCUT2D eigenvalue weighted by Crippen LogP contribution is -2.21. The van der Waals surface area contributed by atoms with Crippen LogP contribution in [0.25, 0.3) is 0 Å². The summed E-state index contributed by atoms with van der Waals surface area (Å²) in [6, 6.07) is 7.82.